The molecular weight excluding hydrogens is 166 g/mol. The van der Waals surface area contributed by atoms with Crippen LogP contribution in [0.5, 0.6) is 0 Å². The predicted octanol–water partition coefficient (Wildman–Crippen LogP) is 0.672. The molecule has 3 aromatic heterocycles. The summed E-state index contributed by atoms with van der Waals surface area (Å²) in [5.74, 6) is 0. The Morgan fingerprint density at radius 2 is 2.31 bits per heavy atom. The highest BCUT2D eigenvalue weighted by Crippen LogP contribution is 2.08. The standard InChI is InChI=1S/C8H5N5/c1-2-6-5-13-7(4-10-12-13)11-8(6)9-3-1/h1-5H. The quantitative estimate of drug-likeness (QED) is 0.499. The van der Waals surface area contributed by atoms with E-state index in [2.05, 4.69) is 20.3 Å². The van der Waals surface area contributed by atoms with Gasteiger partial charge in [0.1, 0.15) is 0 Å². The third kappa shape index (κ3) is 0.868. The van der Waals surface area contributed by atoms with E-state index in [9.17, 15) is 0 Å². The molecule has 0 aliphatic rings. The van der Waals surface area contributed by atoms with Crippen LogP contribution in [0, 0.1) is 0 Å². The molecular formula is C8H5N5. The average Bonchev–Trinajstić information content (AvgIpc) is 2.61. The molecule has 0 bridgehead atoms. The first-order chi connectivity index (χ1) is 6.43. The average molecular weight is 171 g/mol. The van der Waals surface area contributed by atoms with Gasteiger partial charge in [0.2, 0.25) is 0 Å². The van der Waals surface area contributed by atoms with Gasteiger partial charge in [-0.05, 0) is 12.1 Å². The van der Waals surface area contributed by atoms with Crippen LogP contribution in [-0.4, -0.2) is 24.8 Å². The molecule has 0 aliphatic carbocycles. The minimum absolute atomic E-state index is 0.714. The lowest BCUT2D eigenvalue weighted by Gasteiger charge is -1.95. The third-order valence-electron chi connectivity index (χ3n) is 1.85. The second-order valence-corrected chi connectivity index (χ2v) is 2.69. The molecule has 5 nitrogen and oxygen atoms in total. The summed E-state index contributed by atoms with van der Waals surface area (Å²) in [4.78, 5) is 8.40. The molecule has 62 valence electrons. The number of hydrogen-bond donors (Lipinski definition) is 0. The Bertz CT molecular complexity index is 521. The summed E-state index contributed by atoms with van der Waals surface area (Å²) >= 11 is 0. The van der Waals surface area contributed by atoms with Gasteiger partial charge < -0.3 is 0 Å². The van der Waals surface area contributed by atoms with E-state index in [1.807, 2.05) is 18.3 Å². The zero-order valence-corrected chi connectivity index (χ0v) is 6.62. The Morgan fingerprint density at radius 3 is 3.31 bits per heavy atom. The summed E-state index contributed by atoms with van der Waals surface area (Å²) in [6.07, 6.45) is 5.18. The first kappa shape index (κ1) is 6.47. The van der Waals surface area contributed by atoms with Crippen molar-refractivity contribution in [1.29, 1.82) is 0 Å². The van der Waals surface area contributed by atoms with Crippen molar-refractivity contribution in [2.45, 2.75) is 0 Å². The fourth-order valence-corrected chi connectivity index (χ4v) is 1.25. The summed E-state index contributed by atoms with van der Waals surface area (Å²) < 4.78 is 1.63. The van der Waals surface area contributed by atoms with Gasteiger partial charge in [-0.25, -0.2) is 14.5 Å². The van der Waals surface area contributed by atoms with Crippen molar-refractivity contribution in [3.05, 3.63) is 30.7 Å². The largest absolute Gasteiger partial charge is 0.237 e. The molecule has 13 heavy (non-hydrogen) atoms. The van der Waals surface area contributed by atoms with Crippen LogP contribution in [0.1, 0.15) is 0 Å². The maximum absolute atomic E-state index is 4.26. The van der Waals surface area contributed by atoms with Gasteiger partial charge >= 0.3 is 0 Å². The molecule has 0 saturated heterocycles. The second kappa shape index (κ2) is 2.22. The van der Waals surface area contributed by atoms with E-state index in [1.165, 1.54) is 0 Å². The molecule has 5 heteroatoms. The van der Waals surface area contributed by atoms with Crippen molar-refractivity contribution in [3.63, 3.8) is 0 Å². The molecule has 0 N–H and O–H groups in total. The molecule has 3 aromatic rings. The first-order valence-electron chi connectivity index (χ1n) is 3.85. The van der Waals surface area contributed by atoms with E-state index >= 15 is 0 Å². The molecule has 0 unspecified atom stereocenters. The molecule has 0 atom stereocenters. The van der Waals surface area contributed by atoms with Crippen LogP contribution < -0.4 is 0 Å². The van der Waals surface area contributed by atoms with Crippen molar-refractivity contribution in [2.75, 3.05) is 0 Å². The van der Waals surface area contributed by atoms with Crippen molar-refractivity contribution < 1.29 is 0 Å². The Labute approximate surface area is 73.0 Å². The number of fused-ring (bicyclic) bond motifs is 2. The van der Waals surface area contributed by atoms with Crippen molar-refractivity contribution in [3.8, 4) is 0 Å². The fraction of sp³-hybridized carbons (Fsp3) is 0. The zero-order chi connectivity index (χ0) is 8.67. The fourth-order valence-electron chi connectivity index (χ4n) is 1.25. The Hall–Kier alpha value is -2.04. The molecule has 0 aliphatic heterocycles. The predicted molar refractivity (Wildman–Crippen MR) is 46.1 cm³/mol. The zero-order valence-electron chi connectivity index (χ0n) is 6.62. The molecule has 0 aromatic carbocycles. The van der Waals surface area contributed by atoms with Gasteiger partial charge in [0.05, 0.1) is 6.20 Å². The molecule has 3 heterocycles. The van der Waals surface area contributed by atoms with Crippen LogP contribution in [-0.2, 0) is 0 Å². The van der Waals surface area contributed by atoms with Crippen molar-refractivity contribution in [1.82, 2.24) is 24.8 Å². The van der Waals surface area contributed by atoms with Gasteiger partial charge in [-0.2, -0.15) is 0 Å². The Balaban J connectivity index is 2.57. The molecule has 3 rings (SSSR count). The summed E-state index contributed by atoms with van der Waals surface area (Å²) in [6.45, 7) is 0. The number of pyridine rings is 1. The lowest BCUT2D eigenvalue weighted by atomic mass is 10.3. The molecule has 0 radical (unpaired) electrons. The summed E-state index contributed by atoms with van der Waals surface area (Å²) in [5.41, 5.74) is 1.43. The normalized spacial score (nSPS) is 11.1. The van der Waals surface area contributed by atoms with E-state index in [1.54, 1.807) is 16.9 Å². The summed E-state index contributed by atoms with van der Waals surface area (Å²) in [5, 5.41) is 8.55. The number of nitrogens with zero attached hydrogens (tertiary/aromatic N) is 5. The van der Waals surface area contributed by atoms with Gasteiger partial charge in [0.15, 0.2) is 11.3 Å². The van der Waals surface area contributed by atoms with E-state index in [0.717, 1.165) is 11.0 Å². The number of hydrogen-bond acceptors (Lipinski definition) is 4. The lowest BCUT2D eigenvalue weighted by molar-refractivity contribution is 0.852. The third-order valence-corrected chi connectivity index (χ3v) is 1.85. The second-order valence-electron chi connectivity index (χ2n) is 2.69. The highest BCUT2D eigenvalue weighted by atomic mass is 15.4. The summed E-state index contributed by atoms with van der Waals surface area (Å²) in [7, 11) is 0. The monoisotopic (exact) mass is 171 g/mol. The SMILES string of the molecule is c1cnc2nc3cnnn3cc2c1. The highest BCUT2D eigenvalue weighted by molar-refractivity contribution is 5.75. The van der Waals surface area contributed by atoms with Crippen molar-refractivity contribution in [2.24, 2.45) is 0 Å². The Kier molecular flexibility index (Phi) is 1.11. The van der Waals surface area contributed by atoms with Crippen LogP contribution in [0.2, 0.25) is 0 Å². The van der Waals surface area contributed by atoms with Crippen LogP contribution >= 0.6 is 0 Å². The topological polar surface area (TPSA) is 56.0 Å². The maximum atomic E-state index is 4.26. The van der Waals surface area contributed by atoms with E-state index in [0.29, 0.717) is 5.65 Å². The number of rotatable bonds is 0. The van der Waals surface area contributed by atoms with Crippen molar-refractivity contribution >= 4 is 16.7 Å². The molecule has 0 amide bonds. The van der Waals surface area contributed by atoms with Gasteiger partial charge in [0, 0.05) is 17.8 Å². The smallest absolute Gasteiger partial charge is 0.177 e. The molecule has 0 fully saturated rings. The van der Waals surface area contributed by atoms with E-state index in [-0.39, 0.29) is 0 Å². The van der Waals surface area contributed by atoms with E-state index in [4.69, 9.17) is 0 Å². The minimum atomic E-state index is 0.714. The minimum Gasteiger partial charge on any atom is -0.237 e. The molecule has 0 spiro atoms. The van der Waals surface area contributed by atoms with Gasteiger partial charge in [-0.3, -0.25) is 0 Å². The van der Waals surface area contributed by atoms with Crippen LogP contribution in [0.25, 0.3) is 16.7 Å². The first-order valence-corrected chi connectivity index (χ1v) is 3.85. The highest BCUT2D eigenvalue weighted by Gasteiger charge is 1.99. The lowest BCUT2D eigenvalue weighted by Crippen LogP contribution is -1.91. The van der Waals surface area contributed by atoms with E-state index < -0.39 is 0 Å². The maximum Gasteiger partial charge on any atom is 0.177 e. The van der Waals surface area contributed by atoms with Gasteiger partial charge in [-0.15, -0.1) is 5.10 Å². The Morgan fingerprint density at radius 1 is 1.31 bits per heavy atom. The van der Waals surface area contributed by atoms with Gasteiger partial charge in [-0.1, -0.05) is 5.21 Å². The van der Waals surface area contributed by atoms with Crippen LogP contribution in [0.15, 0.2) is 30.7 Å². The number of aromatic nitrogens is 5. The van der Waals surface area contributed by atoms with Crippen LogP contribution in [0.4, 0.5) is 0 Å². The van der Waals surface area contributed by atoms with Crippen LogP contribution in [0.3, 0.4) is 0 Å². The van der Waals surface area contributed by atoms with Gasteiger partial charge in [0.25, 0.3) is 0 Å². The summed E-state index contributed by atoms with van der Waals surface area (Å²) in [6, 6.07) is 3.81. The molecule has 0 saturated carbocycles.